The molecule has 2 N–H and O–H groups in total. The molecule has 1 fully saturated rings. The van der Waals surface area contributed by atoms with Crippen molar-refractivity contribution >= 4 is 17.0 Å². The van der Waals surface area contributed by atoms with Crippen molar-refractivity contribution < 1.29 is 9.47 Å². The van der Waals surface area contributed by atoms with Gasteiger partial charge in [-0.15, -0.1) is 6.42 Å². The third-order valence-corrected chi connectivity index (χ3v) is 3.67. The molecule has 7 heteroatoms. The first kappa shape index (κ1) is 13.8. The van der Waals surface area contributed by atoms with E-state index in [4.69, 9.17) is 21.6 Å². The minimum Gasteiger partial charge on any atom is -0.382 e. The molecule has 110 valence electrons. The first-order chi connectivity index (χ1) is 10.1. The topological polar surface area (TPSA) is 88.1 Å². The van der Waals surface area contributed by atoms with Gasteiger partial charge in [-0.3, -0.25) is 4.57 Å². The number of hydrogen-bond acceptors (Lipinski definition) is 6. The summed E-state index contributed by atoms with van der Waals surface area (Å²) in [4.78, 5) is 12.8. The Labute approximate surface area is 122 Å². The van der Waals surface area contributed by atoms with Crippen LogP contribution >= 0.6 is 0 Å². The molecular weight excluding hydrogens is 270 g/mol. The predicted molar refractivity (Wildman–Crippen MR) is 77.3 cm³/mol. The maximum atomic E-state index is 6.03. The Morgan fingerprint density at radius 3 is 3.14 bits per heavy atom. The number of rotatable bonds is 3. The number of hydrogen-bond donors (Lipinski definition) is 1. The molecule has 1 aliphatic rings. The lowest BCUT2D eigenvalue weighted by Gasteiger charge is -2.23. The molecule has 2 atom stereocenters. The van der Waals surface area contributed by atoms with Crippen LogP contribution in [0.3, 0.4) is 0 Å². The van der Waals surface area contributed by atoms with E-state index in [1.54, 1.807) is 20.4 Å². The van der Waals surface area contributed by atoms with Gasteiger partial charge in [-0.25, -0.2) is 15.0 Å². The average molecular weight is 287 g/mol. The van der Waals surface area contributed by atoms with E-state index in [1.165, 1.54) is 0 Å². The number of terminal acetylenes is 1. The number of aryl methyl sites for hydroxylation is 1. The van der Waals surface area contributed by atoms with E-state index in [0.717, 1.165) is 12.8 Å². The molecule has 0 radical (unpaired) electrons. The molecule has 3 rings (SSSR count). The van der Waals surface area contributed by atoms with Crippen LogP contribution in [-0.2, 0) is 9.47 Å². The van der Waals surface area contributed by atoms with Gasteiger partial charge in [0.2, 0.25) is 0 Å². The first-order valence-electron chi connectivity index (χ1n) is 6.70. The van der Waals surface area contributed by atoms with E-state index in [9.17, 15) is 0 Å². The number of ether oxygens (including phenoxy) is 2. The SMILES string of the molecule is C#C[C@@]1(COC)CC[C@H](n2cnc3c(N)nc(C)nc32)O1. The summed E-state index contributed by atoms with van der Waals surface area (Å²) < 4.78 is 13.1. The molecule has 2 aromatic rings. The summed E-state index contributed by atoms with van der Waals surface area (Å²) in [6.07, 6.45) is 8.53. The van der Waals surface area contributed by atoms with Crippen LogP contribution in [0.5, 0.6) is 0 Å². The molecule has 1 aliphatic heterocycles. The van der Waals surface area contributed by atoms with Gasteiger partial charge in [0.15, 0.2) is 17.1 Å². The number of nitrogens with zero attached hydrogens (tertiary/aromatic N) is 4. The molecule has 3 heterocycles. The van der Waals surface area contributed by atoms with Crippen LogP contribution in [0.1, 0.15) is 24.9 Å². The number of aromatic nitrogens is 4. The molecule has 21 heavy (non-hydrogen) atoms. The number of anilines is 1. The van der Waals surface area contributed by atoms with Gasteiger partial charge < -0.3 is 15.2 Å². The Kier molecular flexibility index (Phi) is 3.27. The van der Waals surface area contributed by atoms with Crippen LogP contribution in [0.4, 0.5) is 5.82 Å². The zero-order valence-corrected chi connectivity index (χ0v) is 12.0. The molecule has 2 aromatic heterocycles. The van der Waals surface area contributed by atoms with E-state index in [1.807, 2.05) is 4.57 Å². The maximum absolute atomic E-state index is 6.03. The van der Waals surface area contributed by atoms with Crippen molar-refractivity contribution in [3.8, 4) is 12.3 Å². The molecule has 0 unspecified atom stereocenters. The van der Waals surface area contributed by atoms with Crippen LogP contribution in [0.25, 0.3) is 11.2 Å². The lowest BCUT2D eigenvalue weighted by atomic mass is 10.0. The molecule has 0 spiro atoms. The van der Waals surface area contributed by atoms with Crippen LogP contribution in [0.2, 0.25) is 0 Å². The maximum Gasteiger partial charge on any atom is 0.167 e. The normalized spacial score (nSPS) is 25.3. The summed E-state index contributed by atoms with van der Waals surface area (Å²) in [5, 5.41) is 0. The smallest absolute Gasteiger partial charge is 0.167 e. The fourth-order valence-electron chi connectivity index (χ4n) is 2.68. The molecule has 7 nitrogen and oxygen atoms in total. The minimum atomic E-state index is -0.691. The Morgan fingerprint density at radius 2 is 2.43 bits per heavy atom. The fourth-order valence-corrected chi connectivity index (χ4v) is 2.68. The van der Waals surface area contributed by atoms with E-state index in [0.29, 0.717) is 29.4 Å². The Bertz CT molecular complexity index is 720. The zero-order chi connectivity index (χ0) is 15.0. The molecule has 0 aliphatic carbocycles. The van der Waals surface area contributed by atoms with E-state index in [-0.39, 0.29) is 6.23 Å². The van der Waals surface area contributed by atoms with Crippen molar-refractivity contribution in [3.63, 3.8) is 0 Å². The van der Waals surface area contributed by atoms with Gasteiger partial charge >= 0.3 is 0 Å². The lowest BCUT2D eigenvalue weighted by molar-refractivity contribution is -0.0702. The largest absolute Gasteiger partial charge is 0.382 e. The van der Waals surface area contributed by atoms with Crippen molar-refractivity contribution in [2.45, 2.75) is 31.6 Å². The number of nitrogen functional groups attached to an aromatic ring is 1. The highest BCUT2D eigenvalue weighted by atomic mass is 16.6. The van der Waals surface area contributed by atoms with Crippen LogP contribution in [0.15, 0.2) is 6.33 Å². The van der Waals surface area contributed by atoms with E-state index in [2.05, 4.69) is 20.9 Å². The number of nitrogens with two attached hydrogens (primary N) is 1. The van der Waals surface area contributed by atoms with Gasteiger partial charge in [-0.05, 0) is 19.8 Å². The zero-order valence-electron chi connectivity index (χ0n) is 12.0. The van der Waals surface area contributed by atoms with Crippen LogP contribution in [-0.4, -0.2) is 38.8 Å². The standard InChI is InChI=1S/C14H17N5O2/c1-4-14(7-20-3)6-5-10(21-14)19-8-16-11-12(15)17-9(2)18-13(11)19/h1,8,10H,5-7H2,2-3H3,(H2,15,17,18)/t10-,14+/m1/s1. The second-order valence-corrected chi connectivity index (χ2v) is 5.16. The van der Waals surface area contributed by atoms with E-state index < -0.39 is 5.60 Å². The van der Waals surface area contributed by atoms with E-state index >= 15 is 0 Å². The van der Waals surface area contributed by atoms with Crippen molar-refractivity contribution in [2.75, 3.05) is 19.5 Å². The van der Waals surface area contributed by atoms with Gasteiger partial charge in [-0.2, -0.15) is 0 Å². The second-order valence-electron chi connectivity index (χ2n) is 5.16. The quantitative estimate of drug-likeness (QED) is 0.849. The number of imidazole rings is 1. The monoisotopic (exact) mass is 287 g/mol. The summed E-state index contributed by atoms with van der Waals surface area (Å²) in [6, 6.07) is 0. The minimum absolute atomic E-state index is 0.227. The molecule has 0 aromatic carbocycles. The van der Waals surface area contributed by atoms with Gasteiger partial charge in [-0.1, -0.05) is 5.92 Å². The predicted octanol–water partition coefficient (Wildman–Crippen LogP) is 1.04. The summed E-state index contributed by atoms with van der Waals surface area (Å²) in [7, 11) is 1.61. The third-order valence-electron chi connectivity index (χ3n) is 3.67. The Morgan fingerprint density at radius 1 is 1.62 bits per heavy atom. The summed E-state index contributed by atoms with van der Waals surface area (Å²) in [6.45, 7) is 2.15. The van der Waals surface area contributed by atoms with Crippen molar-refractivity contribution in [1.82, 2.24) is 19.5 Å². The average Bonchev–Trinajstić information content (AvgIpc) is 3.04. The van der Waals surface area contributed by atoms with Crippen molar-refractivity contribution in [1.29, 1.82) is 0 Å². The highest BCUT2D eigenvalue weighted by Gasteiger charge is 2.40. The van der Waals surface area contributed by atoms with Gasteiger partial charge in [0.25, 0.3) is 0 Å². The van der Waals surface area contributed by atoms with Crippen molar-refractivity contribution in [2.24, 2.45) is 0 Å². The number of methoxy groups -OCH3 is 1. The molecule has 0 saturated carbocycles. The third kappa shape index (κ3) is 2.22. The van der Waals surface area contributed by atoms with Crippen molar-refractivity contribution in [3.05, 3.63) is 12.2 Å². The fraction of sp³-hybridized carbons (Fsp3) is 0.500. The Balaban J connectivity index is 1.98. The van der Waals surface area contributed by atoms with Gasteiger partial charge in [0, 0.05) is 7.11 Å². The highest BCUT2D eigenvalue weighted by molar-refractivity contribution is 5.81. The summed E-state index contributed by atoms with van der Waals surface area (Å²) >= 11 is 0. The molecule has 1 saturated heterocycles. The Hall–Kier alpha value is -2.17. The molecule has 0 bridgehead atoms. The van der Waals surface area contributed by atoms with Gasteiger partial charge in [0.05, 0.1) is 12.9 Å². The lowest BCUT2D eigenvalue weighted by Crippen LogP contribution is -2.32. The summed E-state index contributed by atoms with van der Waals surface area (Å²) in [5.74, 6) is 3.67. The second kappa shape index (κ2) is 4.98. The first-order valence-corrected chi connectivity index (χ1v) is 6.70. The van der Waals surface area contributed by atoms with Gasteiger partial charge in [0.1, 0.15) is 17.6 Å². The molecule has 0 amide bonds. The highest BCUT2D eigenvalue weighted by Crippen LogP contribution is 2.37. The van der Waals surface area contributed by atoms with Crippen LogP contribution in [0, 0.1) is 19.3 Å². The van der Waals surface area contributed by atoms with Crippen LogP contribution < -0.4 is 5.73 Å². The summed E-state index contributed by atoms with van der Waals surface area (Å²) in [5.41, 5.74) is 6.43. The number of fused-ring (bicyclic) bond motifs is 1. The molecular formula is C14H17N5O2.